The third-order valence-electron chi connectivity index (χ3n) is 4.18. The number of esters is 1. The molecular formula is C20H18N2O2. The molecule has 3 aromatic rings. The minimum Gasteiger partial charge on any atom is -0.465 e. The van der Waals surface area contributed by atoms with Gasteiger partial charge in [0.05, 0.1) is 23.9 Å². The van der Waals surface area contributed by atoms with E-state index < -0.39 is 11.4 Å². The summed E-state index contributed by atoms with van der Waals surface area (Å²) in [6.07, 6.45) is 0.216. The van der Waals surface area contributed by atoms with Gasteiger partial charge in [-0.2, -0.15) is 5.26 Å². The molecule has 1 aromatic heterocycles. The van der Waals surface area contributed by atoms with E-state index in [1.165, 1.54) is 0 Å². The lowest BCUT2D eigenvalue weighted by molar-refractivity contribution is -0.151. The van der Waals surface area contributed by atoms with Gasteiger partial charge >= 0.3 is 5.97 Å². The quantitative estimate of drug-likeness (QED) is 0.538. The first-order valence-corrected chi connectivity index (χ1v) is 7.94. The largest absolute Gasteiger partial charge is 0.465 e. The molecule has 0 spiro atoms. The van der Waals surface area contributed by atoms with Gasteiger partial charge in [-0.1, -0.05) is 42.5 Å². The van der Waals surface area contributed by atoms with Crippen molar-refractivity contribution < 1.29 is 9.53 Å². The molecule has 1 atom stereocenters. The maximum atomic E-state index is 12.2. The summed E-state index contributed by atoms with van der Waals surface area (Å²) >= 11 is 0. The molecule has 1 unspecified atom stereocenters. The van der Waals surface area contributed by atoms with E-state index in [-0.39, 0.29) is 13.0 Å². The lowest BCUT2D eigenvalue weighted by Gasteiger charge is -2.20. The Hall–Kier alpha value is -2.93. The van der Waals surface area contributed by atoms with Gasteiger partial charge in [-0.25, -0.2) is 0 Å². The van der Waals surface area contributed by atoms with Gasteiger partial charge in [-0.05, 0) is 25.3 Å². The molecule has 0 radical (unpaired) electrons. The first-order valence-electron chi connectivity index (χ1n) is 7.94. The van der Waals surface area contributed by atoms with Gasteiger partial charge in [0, 0.05) is 17.2 Å². The summed E-state index contributed by atoms with van der Waals surface area (Å²) in [5, 5.41) is 12.6. The van der Waals surface area contributed by atoms with Crippen LogP contribution < -0.4 is 0 Å². The standard InChI is InChI=1S/C20H18N2O2/c1-3-24-19(23)20(2,13-21)12-18-16-10-5-4-8-14(16)15-9-6-7-11-17(15)22-18/h4-11H,3,12H2,1-2H3. The van der Waals surface area contributed by atoms with Crippen LogP contribution in [0.15, 0.2) is 48.5 Å². The molecule has 24 heavy (non-hydrogen) atoms. The molecule has 0 N–H and O–H groups in total. The van der Waals surface area contributed by atoms with E-state index in [2.05, 4.69) is 6.07 Å². The molecule has 0 amide bonds. The summed E-state index contributed by atoms with van der Waals surface area (Å²) in [6, 6.07) is 17.9. The SMILES string of the molecule is CCOC(=O)C(C)(C#N)Cc1nc2ccccc2c2ccccc12. The van der Waals surface area contributed by atoms with E-state index in [1.54, 1.807) is 13.8 Å². The van der Waals surface area contributed by atoms with Crippen LogP contribution in [0.25, 0.3) is 21.7 Å². The van der Waals surface area contributed by atoms with Gasteiger partial charge in [0.1, 0.15) is 0 Å². The predicted octanol–water partition coefficient (Wildman–Crippen LogP) is 4.02. The average molecular weight is 318 g/mol. The Morgan fingerprint density at radius 2 is 1.75 bits per heavy atom. The van der Waals surface area contributed by atoms with Gasteiger partial charge < -0.3 is 4.74 Å². The summed E-state index contributed by atoms with van der Waals surface area (Å²) < 4.78 is 5.08. The number of nitrogens with zero attached hydrogens (tertiary/aromatic N) is 2. The number of carbonyl (C=O) groups is 1. The van der Waals surface area contributed by atoms with Crippen molar-refractivity contribution in [2.45, 2.75) is 20.3 Å². The third-order valence-corrected chi connectivity index (χ3v) is 4.18. The van der Waals surface area contributed by atoms with Crippen molar-refractivity contribution in [1.29, 1.82) is 5.26 Å². The number of carbonyl (C=O) groups excluding carboxylic acids is 1. The molecule has 3 rings (SSSR count). The van der Waals surface area contributed by atoms with Crippen molar-refractivity contribution in [2.75, 3.05) is 6.61 Å². The molecule has 4 nitrogen and oxygen atoms in total. The van der Waals surface area contributed by atoms with E-state index in [0.29, 0.717) is 0 Å². The molecule has 0 aliphatic rings. The molecule has 1 heterocycles. The van der Waals surface area contributed by atoms with Crippen LogP contribution in [0.1, 0.15) is 19.5 Å². The first-order chi connectivity index (χ1) is 11.6. The van der Waals surface area contributed by atoms with Crippen molar-refractivity contribution >= 4 is 27.6 Å². The molecule has 2 aromatic carbocycles. The number of ether oxygens (including phenoxy) is 1. The van der Waals surface area contributed by atoms with Crippen LogP contribution in [-0.4, -0.2) is 17.6 Å². The van der Waals surface area contributed by atoms with Crippen LogP contribution in [0.2, 0.25) is 0 Å². The Bertz CT molecular complexity index is 959. The second-order valence-electron chi connectivity index (χ2n) is 5.96. The number of fused-ring (bicyclic) bond motifs is 3. The maximum Gasteiger partial charge on any atom is 0.326 e. The fourth-order valence-electron chi connectivity index (χ4n) is 2.89. The molecule has 0 aliphatic heterocycles. The van der Waals surface area contributed by atoms with Crippen molar-refractivity contribution in [2.24, 2.45) is 5.41 Å². The summed E-state index contributed by atoms with van der Waals surface area (Å²) in [7, 11) is 0. The number of para-hydroxylation sites is 1. The van der Waals surface area contributed by atoms with Crippen LogP contribution in [-0.2, 0) is 16.0 Å². The Balaban J connectivity index is 2.18. The predicted molar refractivity (Wildman–Crippen MR) is 93.3 cm³/mol. The minimum atomic E-state index is -1.26. The first kappa shape index (κ1) is 15.9. The van der Waals surface area contributed by atoms with Gasteiger partial charge in [-0.15, -0.1) is 0 Å². The molecule has 0 fully saturated rings. The van der Waals surface area contributed by atoms with E-state index in [1.807, 2.05) is 48.5 Å². The van der Waals surface area contributed by atoms with Crippen LogP contribution in [0.5, 0.6) is 0 Å². The fourth-order valence-corrected chi connectivity index (χ4v) is 2.89. The highest BCUT2D eigenvalue weighted by Gasteiger charge is 2.36. The lowest BCUT2D eigenvalue weighted by atomic mass is 9.85. The number of hydrogen-bond acceptors (Lipinski definition) is 4. The smallest absolute Gasteiger partial charge is 0.326 e. The lowest BCUT2D eigenvalue weighted by Crippen LogP contribution is -2.31. The van der Waals surface area contributed by atoms with Crippen molar-refractivity contribution in [1.82, 2.24) is 4.98 Å². The summed E-state index contributed by atoms with van der Waals surface area (Å²) in [5.41, 5.74) is 0.338. The summed E-state index contributed by atoms with van der Waals surface area (Å²) in [4.78, 5) is 16.9. The second-order valence-corrected chi connectivity index (χ2v) is 5.96. The third kappa shape index (κ3) is 2.69. The zero-order chi connectivity index (χ0) is 17.2. The second kappa shape index (κ2) is 6.29. The average Bonchev–Trinajstić information content (AvgIpc) is 2.62. The van der Waals surface area contributed by atoms with Gasteiger partial charge in [0.2, 0.25) is 0 Å². The zero-order valence-corrected chi connectivity index (χ0v) is 13.7. The highest BCUT2D eigenvalue weighted by Crippen LogP contribution is 2.31. The van der Waals surface area contributed by atoms with E-state index in [0.717, 1.165) is 27.4 Å². The van der Waals surface area contributed by atoms with E-state index in [9.17, 15) is 10.1 Å². The van der Waals surface area contributed by atoms with Gasteiger partial charge in [0.15, 0.2) is 5.41 Å². The number of pyridine rings is 1. The van der Waals surface area contributed by atoms with Crippen LogP contribution in [0, 0.1) is 16.7 Å². The Morgan fingerprint density at radius 3 is 2.42 bits per heavy atom. The fraction of sp³-hybridized carbons (Fsp3) is 0.250. The topological polar surface area (TPSA) is 63.0 Å². The van der Waals surface area contributed by atoms with Crippen LogP contribution >= 0.6 is 0 Å². The molecule has 0 aliphatic carbocycles. The monoisotopic (exact) mass is 318 g/mol. The molecule has 120 valence electrons. The Kier molecular flexibility index (Phi) is 4.18. The van der Waals surface area contributed by atoms with Crippen molar-refractivity contribution in [3.8, 4) is 6.07 Å². The Labute approximate surface area is 140 Å². The van der Waals surface area contributed by atoms with Crippen molar-refractivity contribution in [3.63, 3.8) is 0 Å². The van der Waals surface area contributed by atoms with Crippen LogP contribution in [0.3, 0.4) is 0 Å². The molecule has 4 heteroatoms. The van der Waals surface area contributed by atoms with Gasteiger partial charge in [0.25, 0.3) is 0 Å². The van der Waals surface area contributed by atoms with Crippen molar-refractivity contribution in [3.05, 3.63) is 54.2 Å². The maximum absolute atomic E-state index is 12.2. The normalized spacial score (nSPS) is 13.4. The highest BCUT2D eigenvalue weighted by molar-refractivity contribution is 6.06. The van der Waals surface area contributed by atoms with E-state index >= 15 is 0 Å². The minimum absolute atomic E-state index is 0.216. The number of benzene rings is 2. The number of hydrogen-bond donors (Lipinski definition) is 0. The summed E-state index contributed by atoms with van der Waals surface area (Å²) in [5.74, 6) is -0.508. The summed E-state index contributed by atoms with van der Waals surface area (Å²) in [6.45, 7) is 3.60. The number of rotatable bonds is 4. The van der Waals surface area contributed by atoms with Crippen LogP contribution in [0.4, 0.5) is 0 Å². The van der Waals surface area contributed by atoms with E-state index in [4.69, 9.17) is 9.72 Å². The highest BCUT2D eigenvalue weighted by atomic mass is 16.5. The molecule has 0 saturated heterocycles. The Morgan fingerprint density at radius 1 is 1.12 bits per heavy atom. The molecular weight excluding hydrogens is 300 g/mol. The zero-order valence-electron chi connectivity index (χ0n) is 13.7. The van der Waals surface area contributed by atoms with Gasteiger partial charge in [-0.3, -0.25) is 9.78 Å². The molecule has 0 saturated carbocycles. The number of aromatic nitrogens is 1. The number of nitriles is 1. The molecule has 0 bridgehead atoms.